The first-order valence-corrected chi connectivity index (χ1v) is 6.76. The Labute approximate surface area is 114 Å². The van der Waals surface area contributed by atoms with Gasteiger partial charge in [0.05, 0.1) is 11.3 Å². The van der Waals surface area contributed by atoms with Crippen molar-refractivity contribution in [1.29, 1.82) is 0 Å². The molecule has 1 aromatic carbocycles. The minimum atomic E-state index is 0.0236. The van der Waals surface area contributed by atoms with Gasteiger partial charge in [0.2, 0.25) is 0 Å². The Kier molecular flexibility index (Phi) is 2.91. The molecule has 0 radical (unpaired) electrons. The van der Waals surface area contributed by atoms with Crippen LogP contribution in [0.4, 0.5) is 0 Å². The molecule has 0 saturated heterocycles. The number of fused-ring (bicyclic) bond motifs is 1. The number of ketones is 1. The van der Waals surface area contributed by atoms with Crippen LogP contribution in [0.15, 0.2) is 23.1 Å². The van der Waals surface area contributed by atoms with Crippen molar-refractivity contribution in [3.63, 3.8) is 0 Å². The summed E-state index contributed by atoms with van der Waals surface area (Å²) in [6.07, 6.45) is 1.75. The molecule has 96 valence electrons. The normalized spacial score (nSPS) is 16.3. The average molecular weight is 272 g/mol. The number of Topliss-reactive ketones (excluding diaryl/α,β-unsaturated/α-hetero) is 1. The van der Waals surface area contributed by atoms with E-state index < -0.39 is 0 Å². The molecule has 2 aromatic rings. The van der Waals surface area contributed by atoms with Crippen LogP contribution in [-0.2, 0) is 0 Å². The van der Waals surface area contributed by atoms with E-state index in [1.165, 1.54) is 11.5 Å². The molecule has 0 bridgehead atoms. The summed E-state index contributed by atoms with van der Waals surface area (Å²) in [6.45, 7) is 4.16. The predicted octanol–water partition coefficient (Wildman–Crippen LogP) is 2.81. The van der Waals surface area contributed by atoms with Crippen molar-refractivity contribution >= 4 is 23.4 Å². The maximum Gasteiger partial charge on any atom is 0.196 e. The molecule has 0 fully saturated rings. The fourth-order valence-corrected chi connectivity index (χ4v) is 2.56. The second kappa shape index (κ2) is 4.59. The van der Waals surface area contributed by atoms with Gasteiger partial charge in [0.15, 0.2) is 5.78 Å². The van der Waals surface area contributed by atoms with Crippen LogP contribution >= 0.6 is 11.5 Å². The summed E-state index contributed by atoms with van der Waals surface area (Å²) in [6, 6.07) is 3.92. The summed E-state index contributed by atoms with van der Waals surface area (Å²) in [5.74, 6) is 0.731. The van der Waals surface area contributed by atoms with Crippen molar-refractivity contribution < 1.29 is 9.53 Å². The molecule has 0 atom stereocenters. The van der Waals surface area contributed by atoms with Crippen molar-refractivity contribution in [2.45, 2.75) is 13.8 Å². The van der Waals surface area contributed by atoms with E-state index in [2.05, 4.69) is 9.59 Å². The van der Waals surface area contributed by atoms with Crippen LogP contribution in [0, 0.1) is 13.8 Å². The van der Waals surface area contributed by atoms with Gasteiger partial charge in [-0.05, 0) is 42.6 Å². The van der Waals surface area contributed by atoms with E-state index in [1.807, 2.05) is 26.0 Å². The lowest BCUT2D eigenvalue weighted by Crippen LogP contribution is -2.21. The quantitative estimate of drug-likeness (QED) is 0.749. The van der Waals surface area contributed by atoms with Crippen molar-refractivity contribution in [2.75, 3.05) is 6.61 Å². The van der Waals surface area contributed by atoms with Crippen LogP contribution in [0.1, 0.15) is 27.2 Å². The third-order valence-corrected chi connectivity index (χ3v) is 3.68. The molecule has 1 aliphatic rings. The van der Waals surface area contributed by atoms with E-state index in [4.69, 9.17) is 4.74 Å². The van der Waals surface area contributed by atoms with Crippen molar-refractivity contribution in [3.05, 3.63) is 45.5 Å². The lowest BCUT2D eigenvalue weighted by molar-refractivity contribution is 0.0999. The molecule has 2 heterocycles. The fraction of sp³-hybridized carbons (Fsp3) is 0.214. The minimum absolute atomic E-state index is 0.0236. The Morgan fingerprint density at radius 3 is 2.84 bits per heavy atom. The molecule has 4 nitrogen and oxygen atoms in total. The lowest BCUT2D eigenvalue weighted by Gasteiger charge is -2.22. The molecular formula is C14H12N2O2S. The number of aromatic nitrogens is 2. The Bertz CT molecular complexity index is 675. The van der Waals surface area contributed by atoms with Crippen molar-refractivity contribution in [3.8, 4) is 5.75 Å². The van der Waals surface area contributed by atoms with Crippen LogP contribution in [0.5, 0.6) is 5.75 Å². The minimum Gasteiger partial charge on any atom is -0.488 e. The first-order chi connectivity index (χ1) is 9.16. The van der Waals surface area contributed by atoms with Crippen molar-refractivity contribution in [1.82, 2.24) is 9.59 Å². The fourth-order valence-electron chi connectivity index (χ4n) is 2.15. The highest BCUT2D eigenvalue weighted by atomic mass is 32.1. The zero-order valence-electron chi connectivity index (χ0n) is 10.6. The van der Waals surface area contributed by atoms with Gasteiger partial charge in [-0.1, -0.05) is 16.6 Å². The predicted molar refractivity (Wildman–Crippen MR) is 73.6 cm³/mol. The van der Waals surface area contributed by atoms with Gasteiger partial charge in [0.1, 0.15) is 12.4 Å². The lowest BCUT2D eigenvalue weighted by atomic mass is 9.93. The number of ether oxygens (including phenoxy) is 1. The average Bonchev–Trinajstić information content (AvgIpc) is 2.89. The summed E-state index contributed by atoms with van der Waals surface area (Å²) < 4.78 is 9.52. The maximum atomic E-state index is 12.5. The zero-order valence-corrected chi connectivity index (χ0v) is 11.5. The molecule has 19 heavy (non-hydrogen) atoms. The number of benzene rings is 1. The van der Waals surface area contributed by atoms with Gasteiger partial charge >= 0.3 is 0 Å². The number of nitrogens with zero attached hydrogens (tertiary/aromatic N) is 2. The van der Waals surface area contributed by atoms with E-state index in [-0.39, 0.29) is 12.4 Å². The number of hydrogen-bond donors (Lipinski definition) is 0. The maximum absolute atomic E-state index is 12.5. The Morgan fingerprint density at radius 1 is 1.32 bits per heavy atom. The second-order valence-electron chi connectivity index (χ2n) is 4.52. The zero-order chi connectivity index (χ0) is 13.4. The van der Waals surface area contributed by atoms with Gasteiger partial charge in [-0.15, -0.1) is 5.10 Å². The van der Waals surface area contributed by atoms with E-state index in [9.17, 15) is 4.79 Å². The molecule has 3 rings (SSSR count). The monoisotopic (exact) mass is 272 g/mol. The summed E-state index contributed by atoms with van der Waals surface area (Å²) in [7, 11) is 0. The van der Waals surface area contributed by atoms with Gasteiger partial charge in [-0.25, -0.2) is 0 Å². The summed E-state index contributed by atoms with van der Waals surface area (Å²) >= 11 is 1.26. The highest BCUT2D eigenvalue weighted by Gasteiger charge is 2.26. The van der Waals surface area contributed by atoms with Gasteiger partial charge in [-0.2, -0.15) is 0 Å². The van der Waals surface area contributed by atoms with E-state index in [0.29, 0.717) is 22.6 Å². The second-order valence-corrected chi connectivity index (χ2v) is 5.13. The molecule has 1 aliphatic heterocycles. The SMILES string of the molecule is Cc1ccc(C)c2c1OCC(=Cc1csnn1)C2=O. The van der Waals surface area contributed by atoms with Gasteiger partial charge in [-0.3, -0.25) is 4.79 Å². The van der Waals surface area contributed by atoms with Gasteiger partial charge in [0.25, 0.3) is 0 Å². The smallest absolute Gasteiger partial charge is 0.196 e. The van der Waals surface area contributed by atoms with E-state index in [1.54, 1.807) is 11.5 Å². The standard InChI is InChI=1S/C14H12N2O2S/c1-8-3-4-9(2)14-12(8)13(17)10(6-18-14)5-11-7-19-16-15-11/h3-5,7H,6H2,1-2H3. The van der Waals surface area contributed by atoms with Crippen LogP contribution in [0.2, 0.25) is 0 Å². The summed E-state index contributed by atoms with van der Waals surface area (Å²) in [4.78, 5) is 12.5. The molecule has 0 amide bonds. The molecule has 0 saturated carbocycles. The highest BCUT2D eigenvalue weighted by Crippen LogP contribution is 2.33. The molecule has 5 heteroatoms. The summed E-state index contributed by atoms with van der Waals surface area (Å²) in [5.41, 5.74) is 3.91. The Balaban J connectivity index is 2.08. The first kappa shape index (κ1) is 12.0. The van der Waals surface area contributed by atoms with Gasteiger partial charge < -0.3 is 4.74 Å². The van der Waals surface area contributed by atoms with Crippen LogP contribution in [0.3, 0.4) is 0 Å². The topological polar surface area (TPSA) is 52.1 Å². The molecule has 0 aliphatic carbocycles. The third-order valence-electron chi connectivity index (χ3n) is 3.15. The Morgan fingerprint density at radius 2 is 2.11 bits per heavy atom. The number of aryl methyl sites for hydroxylation is 2. The number of rotatable bonds is 1. The molecule has 0 N–H and O–H groups in total. The van der Waals surface area contributed by atoms with Crippen LogP contribution in [-0.4, -0.2) is 22.0 Å². The highest BCUT2D eigenvalue weighted by molar-refractivity contribution is 7.03. The molecule has 0 unspecified atom stereocenters. The summed E-state index contributed by atoms with van der Waals surface area (Å²) in [5, 5.41) is 5.73. The molecular weight excluding hydrogens is 260 g/mol. The first-order valence-electron chi connectivity index (χ1n) is 5.92. The van der Waals surface area contributed by atoms with Crippen molar-refractivity contribution in [2.24, 2.45) is 0 Å². The van der Waals surface area contributed by atoms with E-state index >= 15 is 0 Å². The number of hydrogen-bond acceptors (Lipinski definition) is 5. The van der Waals surface area contributed by atoms with Crippen LogP contribution < -0.4 is 4.74 Å². The number of carbonyl (C=O) groups excluding carboxylic acids is 1. The Hall–Kier alpha value is -2.01. The van der Waals surface area contributed by atoms with E-state index in [0.717, 1.165) is 11.1 Å². The van der Waals surface area contributed by atoms with Gasteiger partial charge in [0, 0.05) is 11.0 Å². The molecule has 1 aromatic heterocycles. The molecule has 0 spiro atoms. The number of carbonyl (C=O) groups is 1. The third kappa shape index (κ3) is 2.06. The largest absolute Gasteiger partial charge is 0.488 e. The van der Waals surface area contributed by atoms with Crippen LogP contribution in [0.25, 0.3) is 6.08 Å².